The van der Waals surface area contributed by atoms with E-state index in [1.54, 1.807) is 18.4 Å². The number of morpholine rings is 1. The summed E-state index contributed by atoms with van der Waals surface area (Å²) in [6.45, 7) is 7.30. The summed E-state index contributed by atoms with van der Waals surface area (Å²) in [6, 6.07) is 12.8. The number of hydrogen-bond donors (Lipinski definition) is 2. The SMILES string of the molecule is CN=C(NCC(C)c1ccccc1OC)NCC(c1cccs1)N1CCOCC1. The van der Waals surface area contributed by atoms with Gasteiger partial charge in [0.25, 0.3) is 0 Å². The van der Waals surface area contributed by atoms with Crippen LogP contribution in [-0.2, 0) is 4.74 Å². The van der Waals surface area contributed by atoms with Crippen LogP contribution in [0.4, 0.5) is 0 Å². The fourth-order valence-electron chi connectivity index (χ4n) is 3.63. The van der Waals surface area contributed by atoms with Crippen molar-refractivity contribution in [3.8, 4) is 5.75 Å². The molecule has 0 bridgehead atoms. The van der Waals surface area contributed by atoms with Gasteiger partial charge in [-0.2, -0.15) is 0 Å². The number of aliphatic imine (C=N–C) groups is 1. The number of benzene rings is 1. The topological polar surface area (TPSA) is 58.1 Å². The predicted octanol–water partition coefficient (Wildman–Crippen LogP) is 3.10. The van der Waals surface area contributed by atoms with Gasteiger partial charge in [0.1, 0.15) is 5.75 Å². The Kier molecular flexibility index (Phi) is 8.34. The number of methoxy groups -OCH3 is 1. The van der Waals surface area contributed by atoms with Gasteiger partial charge in [-0.05, 0) is 23.1 Å². The van der Waals surface area contributed by atoms with Gasteiger partial charge >= 0.3 is 0 Å². The first-order valence-corrected chi connectivity index (χ1v) is 11.0. The van der Waals surface area contributed by atoms with E-state index in [2.05, 4.69) is 57.1 Å². The number of nitrogens with zero attached hydrogens (tertiary/aromatic N) is 2. The number of thiophene rings is 1. The van der Waals surface area contributed by atoms with Crippen molar-refractivity contribution in [2.45, 2.75) is 18.9 Å². The van der Waals surface area contributed by atoms with Crippen LogP contribution >= 0.6 is 11.3 Å². The molecule has 1 aliphatic rings. The average molecular weight is 417 g/mol. The third kappa shape index (κ3) is 5.95. The fourth-order valence-corrected chi connectivity index (χ4v) is 4.49. The van der Waals surface area contributed by atoms with Gasteiger partial charge in [0.05, 0.1) is 26.4 Å². The lowest BCUT2D eigenvalue weighted by Gasteiger charge is -2.34. The zero-order valence-electron chi connectivity index (χ0n) is 17.6. The Morgan fingerprint density at radius 1 is 1.17 bits per heavy atom. The highest BCUT2D eigenvalue weighted by Crippen LogP contribution is 2.26. The lowest BCUT2D eigenvalue weighted by atomic mass is 10.0. The Morgan fingerprint density at radius 2 is 1.93 bits per heavy atom. The molecule has 158 valence electrons. The monoisotopic (exact) mass is 416 g/mol. The summed E-state index contributed by atoms with van der Waals surface area (Å²) in [4.78, 5) is 8.28. The Balaban J connectivity index is 1.57. The zero-order chi connectivity index (χ0) is 20.5. The molecular formula is C22H32N4O2S. The minimum Gasteiger partial charge on any atom is -0.496 e. The highest BCUT2D eigenvalue weighted by Gasteiger charge is 2.23. The smallest absolute Gasteiger partial charge is 0.191 e. The van der Waals surface area contributed by atoms with E-state index in [-0.39, 0.29) is 0 Å². The largest absolute Gasteiger partial charge is 0.496 e. The van der Waals surface area contributed by atoms with Gasteiger partial charge in [-0.25, -0.2) is 0 Å². The molecule has 0 radical (unpaired) electrons. The van der Waals surface area contributed by atoms with Gasteiger partial charge in [-0.15, -0.1) is 11.3 Å². The third-order valence-electron chi connectivity index (χ3n) is 5.29. The Morgan fingerprint density at radius 3 is 2.62 bits per heavy atom. The summed E-state index contributed by atoms with van der Waals surface area (Å²) in [7, 11) is 3.54. The van der Waals surface area contributed by atoms with E-state index < -0.39 is 0 Å². The molecule has 1 saturated heterocycles. The van der Waals surface area contributed by atoms with Crippen LogP contribution in [0, 0.1) is 0 Å². The normalized spacial score (nSPS) is 17.6. The quantitative estimate of drug-likeness (QED) is 0.512. The first kappa shape index (κ1) is 21.6. The molecule has 2 unspecified atom stereocenters. The van der Waals surface area contributed by atoms with Crippen molar-refractivity contribution >= 4 is 17.3 Å². The average Bonchev–Trinajstić information content (AvgIpc) is 3.31. The lowest BCUT2D eigenvalue weighted by Crippen LogP contribution is -2.46. The maximum absolute atomic E-state index is 5.53. The molecule has 2 heterocycles. The van der Waals surface area contributed by atoms with Crippen LogP contribution in [0.2, 0.25) is 0 Å². The van der Waals surface area contributed by atoms with E-state index in [1.165, 1.54) is 10.4 Å². The standard InChI is InChI=1S/C22H32N4O2S/c1-17(18-7-4-5-8-20(18)27-3)15-24-22(23-2)25-16-19(21-9-6-14-29-21)26-10-12-28-13-11-26/h4-9,14,17,19H,10-13,15-16H2,1-3H3,(H2,23,24,25). The second kappa shape index (κ2) is 11.2. The molecule has 2 atom stereocenters. The van der Waals surface area contributed by atoms with Crippen LogP contribution in [0.1, 0.15) is 29.3 Å². The van der Waals surface area contributed by atoms with Crippen molar-refractivity contribution in [2.75, 3.05) is 53.6 Å². The molecule has 1 aromatic carbocycles. The first-order valence-electron chi connectivity index (χ1n) is 10.2. The number of rotatable bonds is 8. The summed E-state index contributed by atoms with van der Waals surface area (Å²) in [6.07, 6.45) is 0. The van der Waals surface area contributed by atoms with Crippen molar-refractivity contribution < 1.29 is 9.47 Å². The molecular weight excluding hydrogens is 384 g/mol. The van der Waals surface area contributed by atoms with Gasteiger partial charge in [-0.3, -0.25) is 9.89 Å². The van der Waals surface area contributed by atoms with Gasteiger partial charge in [0.15, 0.2) is 5.96 Å². The van der Waals surface area contributed by atoms with Crippen molar-refractivity contribution in [3.63, 3.8) is 0 Å². The molecule has 0 amide bonds. The van der Waals surface area contributed by atoms with Gasteiger partial charge in [0.2, 0.25) is 0 Å². The van der Waals surface area contributed by atoms with Crippen molar-refractivity contribution in [2.24, 2.45) is 4.99 Å². The molecule has 2 aromatic rings. The van der Waals surface area contributed by atoms with Gasteiger partial charge < -0.3 is 20.1 Å². The predicted molar refractivity (Wildman–Crippen MR) is 120 cm³/mol. The molecule has 29 heavy (non-hydrogen) atoms. The Bertz CT molecular complexity index is 760. The summed E-state index contributed by atoms with van der Waals surface area (Å²) in [5, 5.41) is 9.13. The minimum absolute atomic E-state index is 0.303. The van der Waals surface area contributed by atoms with Crippen molar-refractivity contribution in [1.29, 1.82) is 0 Å². The maximum atomic E-state index is 5.53. The molecule has 2 N–H and O–H groups in total. The molecule has 0 saturated carbocycles. The van der Waals surface area contributed by atoms with Gasteiger partial charge in [0, 0.05) is 44.0 Å². The minimum atomic E-state index is 0.303. The van der Waals surface area contributed by atoms with E-state index in [0.29, 0.717) is 12.0 Å². The first-order chi connectivity index (χ1) is 14.2. The molecule has 1 fully saturated rings. The summed E-state index contributed by atoms with van der Waals surface area (Å²) < 4.78 is 11.0. The lowest BCUT2D eigenvalue weighted by molar-refractivity contribution is 0.0177. The zero-order valence-corrected chi connectivity index (χ0v) is 18.4. The van der Waals surface area contributed by atoms with Crippen LogP contribution in [0.25, 0.3) is 0 Å². The number of guanidine groups is 1. The van der Waals surface area contributed by atoms with Gasteiger partial charge in [-0.1, -0.05) is 31.2 Å². The highest BCUT2D eigenvalue weighted by atomic mass is 32.1. The molecule has 3 rings (SSSR count). The van der Waals surface area contributed by atoms with E-state index in [4.69, 9.17) is 9.47 Å². The van der Waals surface area contributed by atoms with Crippen molar-refractivity contribution in [1.82, 2.24) is 15.5 Å². The van der Waals surface area contributed by atoms with Crippen LogP contribution in [0.15, 0.2) is 46.8 Å². The number of hydrogen-bond acceptors (Lipinski definition) is 5. The summed E-state index contributed by atoms with van der Waals surface area (Å²) in [5.41, 5.74) is 1.20. The molecule has 0 aliphatic carbocycles. The van der Waals surface area contributed by atoms with E-state index in [1.807, 2.05) is 19.2 Å². The van der Waals surface area contributed by atoms with Crippen LogP contribution in [0.5, 0.6) is 5.75 Å². The Labute approximate surface area is 177 Å². The molecule has 1 aromatic heterocycles. The van der Waals surface area contributed by atoms with E-state index in [9.17, 15) is 0 Å². The molecule has 6 nitrogen and oxygen atoms in total. The second-order valence-corrected chi connectivity index (χ2v) is 8.14. The van der Waals surface area contributed by atoms with E-state index >= 15 is 0 Å². The Hall–Kier alpha value is -2.09. The summed E-state index contributed by atoms with van der Waals surface area (Å²) >= 11 is 1.81. The van der Waals surface area contributed by atoms with Crippen LogP contribution in [0.3, 0.4) is 0 Å². The van der Waals surface area contributed by atoms with Crippen molar-refractivity contribution in [3.05, 3.63) is 52.2 Å². The summed E-state index contributed by atoms with van der Waals surface area (Å²) in [5.74, 6) is 2.05. The maximum Gasteiger partial charge on any atom is 0.191 e. The number of para-hydroxylation sites is 1. The third-order valence-corrected chi connectivity index (χ3v) is 6.26. The van der Waals surface area contributed by atoms with Crippen LogP contribution in [-0.4, -0.2) is 64.4 Å². The number of nitrogens with one attached hydrogen (secondary N) is 2. The second-order valence-electron chi connectivity index (χ2n) is 7.16. The number of ether oxygens (including phenoxy) is 2. The molecule has 7 heteroatoms. The molecule has 1 aliphatic heterocycles. The fraction of sp³-hybridized carbons (Fsp3) is 0.500. The van der Waals surface area contributed by atoms with E-state index in [0.717, 1.165) is 51.1 Å². The highest BCUT2D eigenvalue weighted by molar-refractivity contribution is 7.10. The molecule has 0 spiro atoms. The van der Waals surface area contributed by atoms with Crippen LogP contribution < -0.4 is 15.4 Å².